The summed E-state index contributed by atoms with van der Waals surface area (Å²) in [4.78, 5) is 0. The van der Waals surface area contributed by atoms with Crippen LogP contribution in [0.4, 0.5) is 0 Å². The van der Waals surface area contributed by atoms with Gasteiger partial charge in [0.2, 0.25) is 0 Å². The minimum atomic E-state index is -0.153. The van der Waals surface area contributed by atoms with Gasteiger partial charge in [0, 0.05) is 10.8 Å². The molecule has 0 spiro atoms. The maximum atomic E-state index is 2.53. The van der Waals surface area contributed by atoms with Crippen molar-refractivity contribution in [2.45, 2.75) is 38.5 Å². The highest BCUT2D eigenvalue weighted by Crippen LogP contribution is 2.55. The zero-order chi connectivity index (χ0) is 44.3. The first kappa shape index (κ1) is 38.6. The zero-order valence-electron chi connectivity index (χ0n) is 37.8. The molecule has 0 amide bonds. The van der Waals surface area contributed by atoms with Crippen molar-refractivity contribution in [3.8, 4) is 77.9 Å². The highest BCUT2D eigenvalue weighted by Gasteiger charge is 2.37. The summed E-state index contributed by atoms with van der Waals surface area (Å²) in [5.41, 5.74) is 22.9. The molecular weight excluding hydrogens is 793 g/mol. The maximum Gasteiger partial charge on any atom is 0.0159 e. The molecular formula is C66H48. The zero-order valence-corrected chi connectivity index (χ0v) is 37.8. The number of fused-ring (bicyclic) bond motifs is 10. The molecule has 0 bridgehead atoms. The molecule has 11 aromatic rings. The Hall–Kier alpha value is -7.80. The average molecular weight is 841 g/mol. The average Bonchev–Trinajstić information content (AvgIpc) is 3.74. The van der Waals surface area contributed by atoms with Gasteiger partial charge in [0.05, 0.1) is 0 Å². The maximum absolute atomic E-state index is 2.53. The first-order valence-electron chi connectivity index (χ1n) is 23.4. The van der Waals surface area contributed by atoms with Crippen LogP contribution in [0.15, 0.2) is 218 Å². The molecule has 13 rings (SSSR count). The first-order chi connectivity index (χ1) is 32.2. The van der Waals surface area contributed by atoms with E-state index in [-0.39, 0.29) is 10.8 Å². The van der Waals surface area contributed by atoms with E-state index in [2.05, 4.69) is 246 Å². The van der Waals surface area contributed by atoms with Crippen LogP contribution in [0.25, 0.3) is 110 Å². The third-order valence-corrected chi connectivity index (χ3v) is 15.3. The molecule has 11 aromatic carbocycles. The van der Waals surface area contributed by atoms with E-state index < -0.39 is 0 Å². The Kier molecular flexibility index (Phi) is 8.40. The minimum absolute atomic E-state index is 0.148. The van der Waals surface area contributed by atoms with E-state index in [0.717, 1.165) is 0 Å². The molecule has 312 valence electrons. The second kappa shape index (κ2) is 14.4. The summed E-state index contributed by atoms with van der Waals surface area (Å²) < 4.78 is 0. The van der Waals surface area contributed by atoms with Gasteiger partial charge < -0.3 is 0 Å². The molecule has 0 heterocycles. The summed E-state index contributed by atoms with van der Waals surface area (Å²) in [6, 6.07) is 82.5. The summed E-state index contributed by atoms with van der Waals surface area (Å²) in [5, 5.41) is 7.51. The number of rotatable bonds is 5. The summed E-state index contributed by atoms with van der Waals surface area (Å²) >= 11 is 0. The molecule has 0 atom stereocenters. The molecule has 2 aliphatic rings. The summed E-state index contributed by atoms with van der Waals surface area (Å²) in [6.45, 7) is 9.59. The van der Waals surface area contributed by atoms with Crippen LogP contribution in [0.5, 0.6) is 0 Å². The second-order valence-corrected chi connectivity index (χ2v) is 19.6. The van der Waals surface area contributed by atoms with E-state index in [4.69, 9.17) is 0 Å². The molecule has 0 saturated heterocycles. The van der Waals surface area contributed by atoms with E-state index >= 15 is 0 Å². The van der Waals surface area contributed by atoms with Crippen molar-refractivity contribution in [1.82, 2.24) is 0 Å². The fourth-order valence-corrected chi connectivity index (χ4v) is 11.9. The molecule has 0 saturated carbocycles. The van der Waals surface area contributed by atoms with Crippen LogP contribution < -0.4 is 0 Å². The predicted molar refractivity (Wildman–Crippen MR) is 281 cm³/mol. The molecule has 0 aromatic heterocycles. The summed E-state index contributed by atoms with van der Waals surface area (Å²) in [5.74, 6) is 0. The molecule has 66 heavy (non-hydrogen) atoms. The van der Waals surface area contributed by atoms with Gasteiger partial charge in [-0.05, 0) is 169 Å². The molecule has 0 fully saturated rings. The summed E-state index contributed by atoms with van der Waals surface area (Å²) in [7, 11) is 0. The Bertz CT molecular complexity index is 3790. The van der Waals surface area contributed by atoms with Gasteiger partial charge in [-0.3, -0.25) is 0 Å². The van der Waals surface area contributed by atoms with Crippen molar-refractivity contribution in [2.24, 2.45) is 0 Å². The topological polar surface area (TPSA) is 0 Å². The van der Waals surface area contributed by atoms with Crippen LogP contribution in [-0.2, 0) is 10.8 Å². The highest BCUT2D eigenvalue weighted by atomic mass is 14.4. The molecule has 0 radical (unpaired) electrons. The van der Waals surface area contributed by atoms with Gasteiger partial charge in [-0.2, -0.15) is 0 Å². The monoisotopic (exact) mass is 840 g/mol. The predicted octanol–water partition coefficient (Wildman–Crippen LogP) is 18.1. The van der Waals surface area contributed by atoms with E-state index in [1.165, 1.54) is 132 Å². The Balaban J connectivity index is 1.17. The van der Waals surface area contributed by atoms with E-state index in [1.807, 2.05) is 0 Å². The molecule has 0 aliphatic heterocycles. The molecule has 0 nitrogen and oxygen atoms in total. The van der Waals surface area contributed by atoms with Crippen molar-refractivity contribution in [1.29, 1.82) is 0 Å². The van der Waals surface area contributed by atoms with Crippen LogP contribution >= 0.6 is 0 Å². The van der Waals surface area contributed by atoms with Gasteiger partial charge in [-0.1, -0.05) is 210 Å². The Labute approximate surface area is 387 Å². The van der Waals surface area contributed by atoms with Crippen molar-refractivity contribution in [3.63, 3.8) is 0 Å². The van der Waals surface area contributed by atoms with Crippen molar-refractivity contribution in [3.05, 3.63) is 241 Å². The van der Waals surface area contributed by atoms with Gasteiger partial charge in [-0.15, -0.1) is 0 Å². The normalized spacial score (nSPS) is 14.0. The van der Waals surface area contributed by atoms with Crippen LogP contribution in [0, 0.1) is 0 Å². The Morgan fingerprint density at radius 3 is 1.15 bits per heavy atom. The minimum Gasteiger partial charge on any atom is -0.0622 e. The van der Waals surface area contributed by atoms with E-state index in [1.54, 1.807) is 0 Å². The Morgan fingerprint density at radius 2 is 0.621 bits per heavy atom. The van der Waals surface area contributed by atoms with Crippen LogP contribution in [0.2, 0.25) is 0 Å². The lowest BCUT2D eigenvalue weighted by Crippen LogP contribution is -2.15. The van der Waals surface area contributed by atoms with Gasteiger partial charge in [0.25, 0.3) is 0 Å². The lowest BCUT2D eigenvalue weighted by molar-refractivity contribution is 0.660. The molecule has 0 heteroatoms. The molecule has 2 aliphatic carbocycles. The lowest BCUT2D eigenvalue weighted by atomic mass is 9.78. The number of hydrogen-bond donors (Lipinski definition) is 0. The van der Waals surface area contributed by atoms with Gasteiger partial charge in [0.15, 0.2) is 0 Å². The fourth-order valence-electron chi connectivity index (χ4n) is 11.9. The lowest BCUT2D eigenvalue weighted by Gasteiger charge is -2.25. The second-order valence-electron chi connectivity index (χ2n) is 19.6. The Morgan fingerprint density at radius 1 is 0.227 bits per heavy atom. The van der Waals surface area contributed by atoms with Gasteiger partial charge >= 0.3 is 0 Å². The summed E-state index contributed by atoms with van der Waals surface area (Å²) in [6.07, 6.45) is 0. The standard InChI is InChI=1S/C66H48/c1-65(2)59-25-15-13-23-51(59)53-33-29-47(39-61(53)65)63-57-37-45(41-17-7-5-8-18-41)27-31-49(57)50-32-28-46(56-36-44-22-12-11-21-43(44)35-55(56)42-19-9-6-10-20-42)38-58(50)64(63)48-30-34-54-52-24-14-16-26-60(52)66(3,4)62(54)40-48/h5-40H,1-4H3. The van der Waals surface area contributed by atoms with E-state index in [0.29, 0.717) is 0 Å². The van der Waals surface area contributed by atoms with E-state index in [9.17, 15) is 0 Å². The quantitative estimate of drug-likeness (QED) is 0.151. The first-order valence-corrected chi connectivity index (χ1v) is 23.4. The SMILES string of the molecule is CC1(C)c2ccccc2-c2ccc(-c3c(-c4ccc5c(c4)C(C)(C)c4ccccc4-5)c4cc(-c5cc6ccccc6cc5-c5ccccc5)ccc4c4ccc(-c5ccccc5)cc34)cc21. The third kappa shape index (κ3) is 5.71. The highest BCUT2D eigenvalue weighted by molar-refractivity contribution is 6.23. The number of hydrogen-bond acceptors (Lipinski definition) is 0. The largest absolute Gasteiger partial charge is 0.0622 e. The van der Waals surface area contributed by atoms with Crippen LogP contribution in [0.1, 0.15) is 49.9 Å². The molecule has 0 unspecified atom stereocenters. The fraction of sp³-hybridized carbons (Fsp3) is 0.0909. The number of benzene rings is 11. The van der Waals surface area contributed by atoms with Crippen LogP contribution in [0.3, 0.4) is 0 Å². The molecule has 0 N–H and O–H groups in total. The third-order valence-electron chi connectivity index (χ3n) is 15.3. The van der Waals surface area contributed by atoms with Gasteiger partial charge in [0.1, 0.15) is 0 Å². The van der Waals surface area contributed by atoms with Crippen molar-refractivity contribution >= 4 is 32.3 Å². The smallest absolute Gasteiger partial charge is 0.0159 e. The van der Waals surface area contributed by atoms with Crippen LogP contribution in [-0.4, -0.2) is 0 Å². The van der Waals surface area contributed by atoms with Gasteiger partial charge in [-0.25, -0.2) is 0 Å². The van der Waals surface area contributed by atoms with Crippen molar-refractivity contribution < 1.29 is 0 Å². The van der Waals surface area contributed by atoms with Crippen molar-refractivity contribution in [2.75, 3.05) is 0 Å².